The number of carbonyl (C=O) groups excluding carboxylic acids is 1. The number of hydrogen-bond acceptors (Lipinski definition) is 2. The molecular formula is C9H14N2O. The number of nitrogens with zero attached hydrogens (tertiary/aromatic N) is 2. The highest BCUT2D eigenvalue weighted by Crippen LogP contribution is 2.01. The van der Waals surface area contributed by atoms with Crippen LogP contribution >= 0.6 is 0 Å². The number of likely N-dealkylation sites (N-methyl/N-ethyl adjacent to an activating group) is 1. The molecule has 1 aliphatic heterocycles. The van der Waals surface area contributed by atoms with Gasteiger partial charge in [-0.05, 0) is 6.92 Å². The Labute approximate surface area is 73.3 Å². The second-order valence-corrected chi connectivity index (χ2v) is 2.89. The average molecular weight is 166 g/mol. The first-order valence-electron chi connectivity index (χ1n) is 4.21. The highest BCUT2D eigenvalue weighted by Gasteiger charge is 2.21. The molecule has 3 heteroatoms. The van der Waals surface area contributed by atoms with E-state index in [0.717, 1.165) is 19.6 Å². The lowest BCUT2D eigenvalue weighted by atomic mass is 10.3. The zero-order chi connectivity index (χ0) is 8.97. The van der Waals surface area contributed by atoms with Crippen molar-refractivity contribution in [1.82, 2.24) is 9.80 Å². The largest absolute Gasteiger partial charge is 0.341 e. The maximum atomic E-state index is 11.3. The molecule has 1 fully saturated rings. The SMILES string of the molecule is C#CCN1CCN(CC)C(=O)C1. The van der Waals surface area contributed by atoms with Gasteiger partial charge in [0.15, 0.2) is 0 Å². The van der Waals surface area contributed by atoms with E-state index in [-0.39, 0.29) is 5.91 Å². The van der Waals surface area contributed by atoms with Crippen LogP contribution in [0, 0.1) is 12.3 Å². The van der Waals surface area contributed by atoms with Crippen LogP contribution in [0.2, 0.25) is 0 Å². The van der Waals surface area contributed by atoms with Crippen molar-refractivity contribution in [3.8, 4) is 12.3 Å². The molecule has 0 atom stereocenters. The maximum absolute atomic E-state index is 11.3. The second-order valence-electron chi connectivity index (χ2n) is 2.89. The molecule has 0 radical (unpaired) electrons. The van der Waals surface area contributed by atoms with E-state index in [0.29, 0.717) is 13.1 Å². The van der Waals surface area contributed by atoms with Crippen molar-refractivity contribution in [3.05, 3.63) is 0 Å². The Morgan fingerprint density at radius 3 is 2.83 bits per heavy atom. The van der Waals surface area contributed by atoms with Crippen molar-refractivity contribution >= 4 is 5.91 Å². The number of terminal acetylenes is 1. The highest BCUT2D eigenvalue weighted by atomic mass is 16.2. The third-order valence-electron chi connectivity index (χ3n) is 2.09. The van der Waals surface area contributed by atoms with Gasteiger partial charge in [-0.1, -0.05) is 5.92 Å². The molecule has 1 saturated heterocycles. The van der Waals surface area contributed by atoms with Gasteiger partial charge in [0.1, 0.15) is 0 Å². The number of hydrogen-bond donors (Lipinski definition) is 0. The standard InChI is InChI=1S/C9H14N2O/c1-3-5-10-6-7-11(4-2)9(12)8-10/h1H,4-8H2,2H3. The first kappa shape index (κ1) is 9.08. The van der Waals surface area contributed by atoms with Gasteiger partial charge in [0, 0.05) is 19.6 Å². The van der Waals surface area contributed by atoms with Crippen LogP contribution in [-0.4, -0.2) is 48.4 Å². The predicted octanol–water partition coefficient (Wildman–Crippen LogP) is -0.216. The number of amides is 1. The summed E-state index contributed by atoms with van der Waals surface area (Å²) >= 11 is 0. The Hall–Kier alpha value is -1.01. The molecule has 12 heavy (non-hydrogen) atoms. The molecule has 0 unspecified atom stereocenters. The van der Waals surface area contributed by atoms with Crippen molar-refractivity contribution in [2.24, 2.45) is 0 Å². The van der Waals surface area contributed by atoms with Crippen LogP contribution < -0.4 is 0 Å². The van der Waals surface area contributed by atoms with E-state index < -0.39 is 0 Å². The summed E-state index contributed by atoms with van der Waals surface area (Å²) in [6, 6.07) is 0. The third kappa shape index (κ3) is 1.99. The molecular weight excluding hydrogens is 152 g/mol. The van der Waals surface area contributed by atoms with Crippen LogP contribution in [0.25, 0.3) is 0 Å². The van der Waals surface area contributed by atoms with Gasteiger partial charge < -0.3 is 4.90 Å². The Morgan fingerprint density at radius 1 is 1.58 bits per heavy atom. The van der Waals surface area contributed by atoms with E-state index in [1.54, 1.807) is 0 Å². The monoisotopic (exact) mass is 166 g/mol. The van der Waals surface area contributed by atoms with Gasteiger partial charge in [0.25, 0.3) is 0 Å². The number of carbonyl (C=O) groups is 1. The van der Waals surface area contributed by atoms with Crippen LogP contribution in [0.3, 0.4) is 0 Å². The van der Waals surface area contributed by atoms with Crippen molar-refractivity contribution < 1.29 is 4.79 Å². The fourth-order valence-corrected chi connectivity index (χ4v) is 1.36. The summed E-state index contributed by atoms with van der Waals surface area (Å²) in [6.45, 7) is 5.60. The quantitative estimate of drug-likeness (QED) is 0.530. The van der Waals surface area contributed by atoms with Gasteiger partial charge >= 0.3 is 0 Å². The molecule has 0 spiro atoms. The van der Waals surface area contributed by atoms with E-state index in [1.807, 2.05) is 16.7 Å². The smallest absolute Gasteiger partial charge is 0.236 e. The second kappa shape index (κ2) is 4.13. The summed E-state index contributed by atoms with van der Waals surface area (Å²) in [5, 5.41) is 0. The molecule has 66 valence electrons. The van der Waals surface area contributed by atoms with Crippen LogP contribution in [0.4, 0.5) is 0 Å². The number of rotatable bonds is 2. The Balaban J connectivity index is 2.42. The molecule has 0 aromatic carbocycles. The summed E-state index contributed by atoms with van der Waals surface area (Å²) < 4.78 is 0. The lowest BCUT2D eigenvalue weighted by molar-refractivity contribution is -0.135. The topological polar surface area (TPSA) is 23.6 Å². The molecule has 0 saturated carbocycles. The van der Waals surface area contributed by atoms with Crippen LogP contribution in [0.15, 0.2) is 0 Å². The Bertz CT molecular complexity index is 207. The highest BCUT2D eigenvalue weighted by molar-refractivity contribution is 5.79. The van der Waals surface area contributed by atoms with Crippen molar-refractivity contribution in [1.29, 1.82) is 0 Å². The minimum Gasteiger partial charge on any atom is -0.341 e. The molecule has 0 aromatic heterocycles. The van der Waals surface area contributed by atoms with E-state index in [1.165, 1.54) is 0 Å². The van der Waals surface area contributed by atoms with E-state index in [2.05, 4.69) is 5.92 Å². The fourth-order valence-electron chi connectivity index (χ4n) is 1.36. The van der Waals surface area contributed by atoms with Gasteiger partial charge in [-0.25, -0.2) is 0 Å². The van der Waals surface area contributed by atoms with Crippen LogP contribution in [0.5, 0.6) is 0 Å². The lowest BCUT2D eigenvalue weighted by Crippen LogP contribution is -2.50. The van der Waals surface area contributed by atoms with Crippen LogP contribution in [-0.2, 0) is 4.79 Å². The summed E-state index contributed by atoms with van der Waals surface area (Å²) in [7, 11) is 0. The predicted molar refractivity (Wildman–Crippen MR) is 47.5 cm³/mol. The fraction of sp³-hybridized carbons (Fsp3) is 0.667. The zero-order valence-corrected chi connectivity index (χ0v) is 7.42. The molecule has 3 nitrogen and oxygen atoms in total. The van der Waals surface area contributed by atoms with Gasteiger partial charge in [-0.3, -0.25) is 9.69 Å². The van der Waals surface area contributed by atoms with Crippen molar-refractivity contribution in [2.45, 2.75) is 6.92 Å². The average Bonchev–Trinajstić information content (AvgIpc) is 2.05. The van der Waals surface area contributed by atoms with Gasteiger partial charge in [0.2, 0.25) is 5.91 Å². The van der Waals surface area contributed by atoms with E-state index >= 15 is 0 Å². The number of piperazine rings is 1. The van der Waals surface area contributed by atoms with Crippen molar-refractivity contribution in [3.63, 3.8) is 0 Å². The normalized spacial score (nSPS) is 19.3. The third-order valence-corrected chi connectivity index (χ3v) is 2.09. The van der Waals surface area contributed by atoms with Gasteiger partial charge in [-0.2, -0.15) is 0 Å². The summed E-state index contributed by atoms with van der Waals surface area (Å²) in [4.78, 5) is 15.2. The van der Waals surface area contributed by atoms with Crippen LogP contribution in [0.1, 0.15) is 6.92 Å². The molecule has 1 amide bonds. The first-order valence-corrected chi connectivity index (χ1v) is 4.21. The molecule has 0 N–H and O–H groups in total. The molecule has 0 aliphatic carbocycles. The molecule has 1 aliphatic rings. The summed E-state index contributed by atoms with van der Waals surface area (Å²) in [6.07, 6.45) is 5.16. The zero-order valence-electron chi connectivity index (χ0n) is 7.42. The van der Waals surface area contributed by atoms with E-state index in [4.69, 9.17) is 6.42 Å². The van der Waals surface area contributed by atoms with E-state index in [9.17, 15) is 4.79 Å². The lowest BCUT2D eigenvalue weighted by Gasteiger charge is -2.32. The minimum absolute atomic E-state index is 0.194. The van der Waals surface area contributed by atoms with Gasteiger partial charge in [0.05, 0.1) is 13.1 Å². The minimum atomic E-state index is 0.194. The molecule has 0 bridgehead atoms. The maximum Gasteiger partial charge on any atom is 0.236 e. The molecule has 1 rings (SSSR count). The molecule has 0 aromatic rings. The first-order chi connectivity index (χ1) is 5.77. The summed E-state index contributed by atoms with van der Waals surface area (Å²) in [5.41, 5.74) is 0. The Morgan fingerprint density at radius 2 is 2.33 bits per heavy atom. The van der Waals surface area contributed by atoms with Gasteiger partial charge in [-0.15, -0.1) is 6.42 Å². The summed E-state index contributed by atoms with van der Waals surface area (Å²) in [5.74, 6) is 2.74. The Kier molecular flexibility index (Phi) is 3.12. The van der Waals surface area contributed by atoms with Crippen molar-refractivity contribution in [2.75, 3.05) is 32.7 Å². The molecule has 1 heterocycles.